The molecule has 0 fully saturated rings. The number of hydrogen-bond acceptors (Lipinski definition) is 2. The molecule has 4 aromatic rings. The Kier molecular flexibility index (Phi) is 5.23. The predicted molar refractivity (Wildman–Crippen MR) is 112 cm³/mol. The lowest BCUT2D eigenvalue weighted by atomic mass is 10.1. The topological polar surface area (TPSA) is 43.3 Å². The van der Waals surface area contributed by atoms with E-state index in [1.165, 1.54) is 12.1 Å². The van der Waals surface area contributed by atoms with Gasteiger partial charge in [-0.25, -0.2) is 8.78 Å². The van der Waals surface area contributed by atoms with Crippen LogP contribution < -0.4 is 10.1 Å². The van der Waals surface area contributed by atoms with E-state index in [9.17, 15) is 13.6 Å². The Labute approximate surface area is 172 Å². The van der Waals surface area contributed by atoms with Gasteiger partial charge in [0.15, 0.2) is 0 Å². The minimum absolute atomic E-state index is 0.00886. The van der Waals surface area contributed by atoms with Gasteiger partial charge in [0.1, 0.15) is 17.4 Å². The van der Waals surface area contributed by atoms with Crippen molar-refractivity contribution >= 4 is 16.8 Å². The summed E-state index contributed by atoms with van der Waals surface area (Å²) in [6.07, 6.45) is 0. The fourth-order valence-corrected chi connectivity index (χ4v) is 3.70. The smallest absolute Gasteiger partial charge is 0.254 e. The summed E-state index contributed by atoms with van der Waals surface area (Å²) in [6, 6.07) is 18.5. The number of nitrogens with one attached hydrogen (secondary N) is 1. The van der Waals surface area contributed by atoms with Crippen LogP contribution in [0.5, 0.6) is 5.75 Å². The van der Waals surface area contributed by atoms with Gasteiger partial charge in [0.05, 0.1) is 18.2 Å². The van der Waals surface area contributed by atoms with Gasteiger partial charge in [-0.2, -0.15) is 0 Å². The summed E-state index contributed by atoms with van der Waals surface area (Å²) in [6.45, 7) is 1.88. The number of halogens is 2. The van der Waals surface area contributed by atoms with E-state index < -0.39 is 11.6 Å². The highest BCUT2D eigenvalue weighted by Crippen LogP contribution is 2.32. The number of hydrogen-bond donors (Lipinski definition) is 1. The van der Waals surface area contributed by atoms with Crippen LogP contribution in [-0.2, 0) is 6.54 Å². The van der Waals surface area contributed by atoms with Crippen LogP contribution in [0.25, 0.3) is 16.6 Å². The number of benzene rings is 3. The molecule has 1 amide bonds. The number of aromatic nitrogens is 1. The van der Waals surface area contributed by atoms with Gasteiger partial charge in [-0.15, -0.1) is 0 Å². The zero-order valence-corrected chi connectivity index (χ0v) is 16.6. The Morgan fingerprint density at radius 2 is 1.70 bits per heavy atom. The lowest BCUT2D eigenvalue weighted by Gasteiger charge is -2.09. The number of methoxy groups -OCH3 is 1. The Bertz CT molecular complexity index is 1210. The van der Waals surface area contributed by atoms with E-state index in [4.69, 9.17) is 4.74 Å². The number of amides is 1. The molecule has 3 aromatic carbocycles. The van der Waals surface area contributed by atoms with Crippen molar-refractivity contribution in [3.05, 3.63) is 95.2 Å². The van der Waals surface area contributed by atoms with Gasteiger partial charge in [0.25, 0.3) is 5.91 Å². The molecule has 0 atom stereocenters. The van der Waals surface area contributed by atoms with E-state index in [1.807, 2.05) is 60.0 Å². The van der Waals surface area contributed by atoms with Crippen LogP contribution >= 0.6 is 0 Å². The van der Waals surface area contributed by atoms with Gasteiger partial charge in [0, 0.05) is 29.4 Å². The Hall–Kier alpha value is -3.67. The molecule has 0 aliphatic heterocycles. The standard InChI is InChI=1S/C24H20F2N2O2/c1-15-23(24(29)27-14-16-10-17(25)12-18(26)11-16)21-13-20(30-2)8-9-22(21)28(15)19-6-4-3-5-7-19/h3-13H,14H2,1-2H3,(H,27,29). The fourth-order valence-electron chi connectivity index (χ4n) is 3.70. The first-order valence-corrected chi connectivity index (χ1v) is 9.45. The van der Waals surface area contributed by atoms with E-state index >= 15 is 0 Å². The third kappa shape index (κ3) is 3.64. The van der Waals surface area contributed by atoms with Crippen LogP contribution in [0, 0.1) is 18.6 Å². The quantitative estimate of drug-likeness (QED) is 0.498. The second-order valence-electron chi connectivity index (χ2n) is 6.97. The third-order valence-corrected chi connectivity index (χ3v) is 5.03. The van der Waals surface area contributed by atoms with Crippen LogP contribution in [0.4, 0.5) is 8.78 Å². The summed E-state index contributed by atoms with van der Waals surface area (Å²) in [5.41, 5.74) is 3.39. The lowest BCUT2D eigenvalue weighted by Crippen LogP contribution is -2.23. The molecule has 0 saturated heterocycles. The molecule has 4 nitrogen and oxygen atoms in total. The van der Waals surface area contributed by atoms with Crippen molar-refractivity contribution in [3.63, 3.8) is 0 Å². The third-order valence-electron chi connectivity index (χ3n) is 5.03. The van der Waals surface area contributed by atoms with Gasteiger partial charge in [-0.1, -0.05) is 18.2 Å². The summed E-state index contributed by atoms with van der Waals surface area (Å²) < 4.78 is 34.3. The molecule has 30 heavy (non-hydrogen) atoms. The highest BCUT2D eigenvalue weighted by molar-refractivity contribution is 6.09. The molecule has 0 radical (unpaired) electrons. The minimum atomic E-state index is -0.680. The van der Waals surface area contributed by atoms with Crippen molar-refractivity contribution in [3.8, 4) is 11.4 Å². The molecule has 4 rings (SSSR count). The van der Waals surface area contributed by atoms with Gasteiger partial charge < -0.3 is 14.6 Å². The number of fused-ring (bicyclic) bond motifs is 1. The minimum Gasteiger partial charge on any atom is -0.497 e. The van der Waals surface area contributed by atoms with Crippen molar-refractivity contribution < 1.29 is 18.3 Å². The average molecular weight is 406 g/mol. The number of carbonyl (C=O) groups excluding carboxylic acids is 1. The van der Waals surface area contributed by atoms with Crippen LogP contribution in [0.15, 0.2) is 66.7 Å². The van der Waals surface area contributed by atoms with Crippen molar-refractivity contribution in [2.75, 3.05) is 7.11 Å². The van der Waals surface area contributed by atoms with Crippen LogP contribution in [0.2, 0.25) is 0 Å². The molecular formula is C24H20F2N2O2. The molecule has 152 valence electrons. The Morgan fingerprint density at radius 3 is 2.37 bits per heavy atom. The van der Waals surface area contributed by atoms with Gasteiger partial charge >= 0.3 is 0 Å². The second kappa shape index (κ2) is 7.99. The number of nitrogens with zero attached hydrogens (tertiary/aromatic N) is 1. The Balaban J connectivity index is 1.77. The van der Waals surface area contributed by atoms with Crippen molar-refractivity contribution in [2.45, 2.75) is 13.5 Å². The molecule has 0 spiro atoms. The molecule has 0 aliphatic rings. The molecular weight excluding hydrogens is 386 g/mol. The Morgan fingerprint density at radius 1 is 1.00 bits per heavy atom. The molecule has 6 heteroatoms. The van der Waals surface area contributed by atoms with E-state index in [1.54, 1.807) is 7.11 Å². The van der Waals surface area contributed by atoms with Crippen LogP contribution in [-0.4, -0.2) is 17.6 Å². The molecule has 0 bridgehead atoms. The molecule has 0 unspecified atom stereocenters. The van der Waals surface area contributed by atoms with E-state index in [-0.39, 0.29) is 12.5 Å². The first-order valence-electron chi connectivity index (χ1n) is 9.45. The molecule has 1 aromatic heterocycles. The summed E-state index contributed by atoms with van der Waals surface area (Å²) in [7, 11) is 1.57. The zero-order valence-electron chi connectivity index (χ0n) is 16.6. The zero-order chi connectivity index (χ0) is 21.3. The SMILES string of the molecule is COc1ccc2c(c1)c(C(=O)NCc1cc(F)cc(F)c1)c(C)n2-c1ccccc1. The lowest BCUT2D eigenvalue weighted by molar-refractivity contribution is 0.0951. The van der Waals surface area contributed by atoms with E-state index in [0.29, 0.717) is 16.9 Å². The van der Waals surface area contributed by atoms with Crippen molar-refractivity contribution in [1.29, 1.82) is 0 Å². The average Bonchev–Trinajstić information content (AvgIpc) is 3.03. The largest absolute Gasteiger partial charge is 0.497 e. The number of para-hydroxylation sites is 1. The van der Waals surface area contributed by atoms with Crippen LogP contribution in [0.3, 0.4) is 0 Å². The highest BCUT2D eigenvalue weighted by atomic mass is 19.1. The maximum absolute atomic E-state index is 13.5. The predicted octanol–water partition coefficient (Wildman–Crippen LogP) is 5.16. The van der Waals surface area contributed by atoms with Crippen molar-refractivity contribution in [1.82, 2.24) is 9.88 Å². The number of carbonyl (C=O) groups is 1. The molecule has 1 N–H and O–H groups in total. The molecule has 0 aliphatic carbocycles. The first kappa shape index (κ1) is 19.6. The van der Waals surface area contributed by atoms with E-state index in [0.717, 1.165) is 28.4 Å². The number of ether oxygens (including phenoxy) is 1. The highest BCUT2D eigenvalue weighted by Gasteiger charge is 2.21. The van der Waals surface area contributed by atoms with Crippen LogP contribution in [0.1, 0.15) is 21.6 Å². The van der Waals surface area contributed by atoms with Crippen molar-refractivity contribution in [2.24, 2.45) is 0 Å². The van der Waals surface area contributed by atoms with Gasteiger partial charge in [0.2, 0.25) is 0 Å². The summed E-state index contributed by atoms with van der Waals surface area (Å²) in [4.78, 5) is 13.1. The first-order chi connectivity index (χ1) is 14.5. The monoisotopic (exact) mass is 406 g/mol. The second-order valence-corrected chi connectivity index (χ2v) is 6.97. The maximum Gasteiger partial charge on any atom is 0.254 e. The molecule has 0 saturated carbocycles. The van der Waals surface area contributed by atoms with Gasteiger partial charge in [-0.3, -0.25) is 4.79 Å². The maximum atomic E-state index is 13.5. The summed E-state index contributed by atoms with van der Waals surface area (Å²) >= 11 is 0. The molecule has 1 heterocycles. The number of rotatable bonds is 5. The normalized spacial score (nSPS) is 10.9. The summed E-state index contributed by atoms with van der Waals surface area (Å²) in [5, 5.41) is 3.51. The fraction of sp³-hybridized carbons (Fsp3) is 0.125. The summed E-state index contributed by atoms with van der Waals surface area (Å²) in [5.74, 6) is -1.05. The van der Waals surface area contributed by atoms with Gasteiger partial charge in [-0.05, 0) is 55.0 Å². The van der Waals surface area contributed by atoms with E-state index in [2.05, 4.69) is 5.32 Å².